The van der Waals surface area contributed by atoms with Crippen LogP contribution in [0.2, 0.25) is 10.0 Å². The maximum atomic E-state index is 5.94. The molecule has 102 valence electrons. The first kappa shape index (κ1) is 14.5. The van der Waals surface area contributed by atoms with Crippen LogP contribution in [-0.2, 0) is 13.7 Å². The molecule has 0 amide bonds. The summed E-state index contributed by atoms with van der Waals surface area (Å²) in [7, 11) is 1.86. The SMILES string of the molecule is Cc1nn(C)c(COc2cc(Cl)c(Cl)cc2N)c1Br. The molecule has 0 bridgehead atoms. The third kappa shape index (κ3) is 2.99. The minimum Gasteiger partial charge on any atom is -0.485 e. The largest absolute Gasteiger partial charge is 0.485 e. The second-order valence-corrected chi connectivity index (χ2v) is 5.67. The Morgan fingerprint density at radius 2 is 2.00 bits per heavy atom. The molecular formula is C12H12BrCl2N3O. The number of halogens is 3. The van der Waals surface area contributed by atoms with Gasteiger partial charge in [0.15, 0.2) is 0 Å². The number of nitrogen functional groups attached to an aromatic ring is 1. The molecule has 1 aromatic heterocycles. The van der Waals surface area contributed by atoms with E-state index in [-0.39, 0.29) is 0 Å². The first-order valence-electron chi connectivity index (χ1n) is 5.45. The number of ether oxygens (including phenoxy) is 1. The number of benzene rings is 1. The molecule has 0 aliphatic carbocycles. The molecule has 2 aromatic rings. The number of aryl methyl sites for hydroxylation is 2. The van der Waals surface area contributed by atoms with E-state index in [1.54, 1.807) is 16.8 Å². The maximum absolute atomic E-state index is 5.94. The third-order valence-electron chi connectivity index (χ3n) is 2.68. The van der Waals surface area contributed by atoms with Gasteiger partial charge < -0.3 is 10.5 Å². The summed E-state index contributed by atoms with van der Waals surface area (Å²) in [4.78, 5) is 0. The highest BCUT2D eigenvalue weighted by Crippen LogP contribution is 2.33. The van der Waals surface area contributed by atoms with Gasteiger partial charge in [0.25, 0.3) is 0 Å². The zero-order valence-electron chi connectivity index (χ0n) is 10.4. The number of rotatable bonds is 3. The van der Waals surface area contributed by atoms with Crippen molar-refractivity contribution in [2.75, 3.05) is 5.73 Å². The molecule has 0 saturated heterocycles. The molecule has 0 radical (unpaired) electrons. The van der Waals surface area contributed by atoms with Crippen molar-refractivity contribution in [1.82, 2.24) is 9.78 Å². The van der Waals surface area contributed by atoms with Crippen LogP contribution in [-0.4, -0.2) is 9.78 Å². The van der Waals surface area contributed by atoms with Crippen molar-refractivity contribution >= 4 is 44.8 Å². The molecule has 0 spiro atoms. The molecule has 0 fully saturated rings. The molecule has 1 aromatic carbocycles. The number of hydrogen-bond acceptors (Lipinski definition) is 3. The summed E-state index contributed by atoms with van der Waals surface area (Å²) in [5.74, 6) is 0.500. The highest BCUT2D eigenvalue weighted by atomic mass is 79.9. The van der Waals surface area contributed by atoms with E-state index in [9.17, 15) is 0 Å². The van der Waals surface area contributed by atoms with Gasteiger partial charge in [0.1, 0.15) is 12.4 Å². The van der Waals surface area contributed by atoms with Crippen LogP contribution in [0, 0.1) is 6.92 Å². The van der Waals surface area contributed by atoms with Gasteiger partial charge in [-0.3, -0.25) is 4.68 Å². The van der Waals surface area contributed by atoms with Gasteiger partial charge in [-0.2, -0.15) is 5.10 Å². The van der Waals surface area contributed by atoms with Gasteiger partial charge in [-0.25, -0.2) is 0 Å². The highest BCUT2D eigenvalue weighted by molar-refractivity contribution is 9.10. The number of nitrogens with two attached hydrogens (primary N) is 1. The molecule has 1 heterocycles. The highest BCUT2D eigenvalue weighted by Gasteiger charge is 2.12. The standard InChI is InChI=1S/C12H12BrCl2N3O/c1-6-12(13)10(18(2)17-6)5-19-11-4-8(15)7(14)3-9(11)16/h3-4H,5,16H2,1-2H3. The van der Waals surface area contributed by atoms with Crippen molar-refractivity contribution < 1.29 is 4.74 Å². The average molecular weight is 365 g/mol. The summed E-state index contributed by atoms with van der Waals surface area (Å²) >= 11 is 15.3. The number of aromatic nitrogens is 2. The predicted molar refractivity (Wildman–Crippen MR) is 80.9 cm³/mol. The van der Waals surface area contributed by atoms with E-state index in [1.807, 2.05) is 14.0 Å². The zero-order chi connectivity index (χ0) is 14.2. The molecule has 19 heavy (non-hydrogen) atoms. The summed E-state index contributed by atoms with van der Waals surface area (Å²) in [5.41, 5.74) is 8.11. The molecule has 7 heteroatoms. The van der Waals surface area contributed by atoms with Gasteiger partial charge in [0.2, 0.25) is 0 Å². The lowest BCUT2D eigenvalue weighted by atomic mass is 10.3. The van der Waals surface area contributed by atoms with Crippen LogP contribution in [0.4, 0.5) is 5.69 Å². The van der Waals surface area contributed by atoms with Crippen LogP contribution in [0.1, 0.15) is 11.4 Å². The average Bonchev–Trinajstić information content (AvgIpc) is 2.57. The van der Waals surface area contributed by atoms with E-state index in [1.165, 1.54) is 0 Å². The lowest BCUT2D eigenvalue weighted by Crippen LogP contribution is -2.05. The summed E-state index contributed by atoms with van der Waals surface area (Å²) in [5, 5.41) is 5.10. The van der Waals surface area contributed by atoms with Crippen molar-refractivity contribution in [3.63, 3.8) is 0 Å². The third-order valence-corrected chi connectivity index (χ3v) is 4.43. The van der Waals surface area contributed by atoms with Gasteiger partial charge in [0, 0.05) is 13.1 Å². The Kier molecular flexibility index (Phi) is 4.28. The normalized spacial score (nSPS) is 10.8. The van der Waals surface area contributed by atoms with Crippen LogP contribution in [0.3, 0.4) is 0 Å². The van der Waals surface area contributed by atoms with Crippen LogP contribution in [0.25, 0.3) is 0 Å². The number of hydrogen-bond donors (Lipinski definition) is 1. The summed E-state index contributed by atoms with van der Waals surface area (Å²) < 4.78 is 8.36. The summed E-state index contributed by atoms with van der Waals surface area (Å²) in [6.45, 7) is 2.25. The first-order valence-corrected chi connectivity index (χ1v) is 7.00. The number of nitrogens with zero attached hydrogens (tertiary/aromatic N) is 2. The Labute approximate surface area is 129 Å². The first-order chi connectivity index (χ1) is 8.90. The van der Waals surface area contributed by atoms with Crippen LogP contribution in [0.15, 0.2) is 16.6 Å². The van der Waals surface area contributed by atoms with E-state index in [0.717, 1.165) is 15.9 Å². The van der Waals surface area contributed by atoms with Crippen molar-refractivity contribution in [2.45, 2.75) is 13.5 Å². The van der Waals surface area contributed by atoms with Crippen molar-refractivity contribution in [1.29, 1.82) is 0 Å². The molecule has 0 aliphatic rings. The molecule has 0 saturated carbocycles. The minimum atomic E-state index is 0.333. The van der Waals surface area contributed by atoms with E-state index in [4.69, 9.17) is 33.7 Å². The molecule has 0 aliphatic heterocycles. The van der Waals surface area contributed by atoms with Gasteiger partial charge in [-0.05, 0) is 28.9 Å². The van der Waals surface area contributed by atoms with Crippen molar-refractivity contribution in [3.05, 3.63) is 38.0 Å². The minimum absolute atomic E-state index is 0.333. The molecular weight excluding hydrogens is 353 g/mol. The molecule has 0 unspecified atom stereocenters. The van der Waals surface area contributed by atoms with Gasteiger partial charge in [-0.15, -0.1) is 0 Å². The fourth-order valence-corrected chi connectivity index (χ4v) is 2.43. The van der Waals surface area contributed by atoms with E-state index < -0.39 is 0 Å². The van der Waals surface area contributed by atoms with Crippen molar-refractivity contribution in [3.8, 4) is 5.75 Å². The Balaban J connectivity index is 2.21. The summed E-state index contributed by atoms with van der Waals surface area (Å²) in [6, 6.07) is 3.18. The van der Waals surface area contributed by atoms with Crippen LogP contribution in [0.5, 0.6) is 5.75 Å². The Morgan fingerprint density at radius 3 is 2.58 bits per heavy atom. The lowest BCUT2D eigenvalue weighted by Gasteiger charge is -2.10. The fourth-order valence-electron chi connectivity index (χ4n) is 1.65. The quantitative estimate of drug-likeness (QED) is 0.838. The van der Waals surface area contributed by atoms with E-state index >= 15 is 0 Å². The molecule has 2 rings (SSSR count). The molecule has 4 nitrogen and oxygen atoms in total. The predicted octanol–water partition coefficient (Wildman–Crippen LogP) is 3.96. The summed E-state index contributed by atoms with van der Waals surface area (Å²) in [6.07, 6.45) is 0. The lowest BCUT2D eigenvalue weighted by molar-refractivity contribution is 0.296. The monoisotopic (exact) mass is 363 g/mol. The van der Waals surface area contributed by atoms with Crippen LogP contribution >= 0.6 is 39.1 Å². The van der Waals surface area contributed by atoms with Crippen LogP contribution < -0.4 is 10.5 Å². The van der Waals surface area contributed by atoms with Gasteiger partial charge in [0.05, 0.1) is 31.6 Å². The smallest absolute Gasteiger partial charge is 0.144 e. The van der Waals surface area contributed by atoms with Crippen molar-refractivity contribution in [2.24, 2.45) is 7.05 Å². The Hall–Kier alpha value is -0.910. The van der Waals surface area contributed by atoms with E-state index in [2.05, 4.69) is 21.0 Å². The second-order valence-electron chi connectivity index (χ2n) is 4.06. The second kappa shape index (κ2) is 5.61. The van der Waals surface area contributed by atoms with E-state index in [0.29, 0.717) is 28.1 Å². The fraction of sp³-hybridized carbons (Fsp3) is 0.250. The zero-order valence-corrected chi connectivity index (χ0v) is 13.5. The molecule has 0 atom stereocenters. The van der Waals surface area contributed by atoms with Gasteiger partial charge in [-0.1, -0.05) is 23.2 Å². The number of anilines is 1. The van der Waals surface area contributed by atoms with Gasteiger partial charge >= 0.3 is 0 Å². The topological polar surface area (TPSA) is 53.1 Å². The Morgan fingerprint density at radius 1 is 1.37 bits per heavy atom. The molecule has 2 N–H and O–H groups in total. The maximum Gasteiger partial charge on any atom is 0.144 e. The Bertz CT molecular complexity index is 628.